The van der Waals surface area contributed by atoms with Crippen molar-refractivity contribution in [3.63, 3.8) is 0 Å². The van der Waals surface area contributed by atoms with Crippen LogP contribution >= 0.6 is 0 Å². The van der Waals surface area contributed by atoms with Crippen molar-refractivity contribution in [2.24, 2.45) is 0 Å². The highest BCUT2D eigenvalue weighted by Gasteiger charge is 2.22. The first-order chi connectivity index (χ1) is 26.8. The van der Waals surface area contributed by atoms with E-state index < -0.39 is 0 Å². The quantitative estimate of drug-likeness (QED) is 0.179. The Morgan fingerprint density at radius 2 is 0.815 bits per heavy atom. The Hall–Kier alpha value is -7.44. The minimum Gasteiger partial charge on any atom is -0.455 e. The van der Waals surface area contributed by atoms with Crippen molar-refractivity contribution in [3.05, 3.63) is 170 Å². The average Bonchev–Trinajstić information content (AvgIpc) is 3.83. The molecule has 0 unspecified atom stereocenters. The molecule has 4 aromatic heterocycles. The maximum atomic E-state index is 6.77. The van der Waals surface area contributed by atoms with Gasteiger partial charge in [0.25, 0.3) is 0 Å². The van der Waals surface area contributed by atoms with Crippen LogP contribution in [0.3, 0.4) is 0 Å². The normalized spacial score (nSPS) is 11.7. The lowest BCUT2D eigenvalue weighted by Crippen LogP contribution is -2.00. The van der Waals surface area contributed by atoms with Crippen molar-refractivity contribution in [3.8, 4) is 56.5 Å². The van der Waals surface area contributed by atoms with E-state index in [1.54, 1.807) is 0 Å². The molecule has 0 aliphatic heterocycles. The van der Waals surface area contributed by atoms with Gasteiger partial charge in [0.2, 0.25) is 0 Å². The fourth-order valence-electron chi connectivity index (χ4n) is 7.61. The van der Waals surface area contributed by atoms with E-state index in [0.29, 0.717) is 17.5 Å². The van der Waals surface area contributed by atoms with Gasteiger partial charge in [-0.05, 0) is 23.8 Å². The first kappa shape index (κ1) is 30.2. The van der Waals surface area contributed by atoms with Crippen LogP contribution in [0.4, 0.5) is 0 Å². The largest absolute Gasteiger partial charge is 0.455 e. The second kappa shape index (κ2) is 12.1. The van der Waals surface area contributed by atoms with Crippen LogP contribution in [0.5, 0.6) is 0 Å². The zero-order valence-corrected chi connectivity index (χ0v) is 28.8. The number of nitrogens with zero attached hydrogens (tertiary/aromatic N) is 4. The first-order valence-corrected chi connectivity index (χ1v) is 17.9. The molecule has 0 radical (unpaired) electrons. The van der Waals surface area contributed by atoms with Gasteiger partial charge in [0.05, 0.1) is 22.0 Å². The Kier molecular flexibility index (Phi) is 6.75. The SMILES string of the molecule is c1ccc(-c2nc(-c3ccccc3)nc(-c3ccc(-c4nc5cccc(-c6cccc7c6oc6ccccc67)c5c5oc6ccccc6c45)cc3)n2)cc1. The summed E-state index contributed by atoms with van der Waals surface area (Å²) in [5, 5.41) is 5.10. The van der Waals surface area contributed by atoms with Crippen molar-refractivity contribution in [1.29, 1.82) is 0 Å². The van der Waals surface area contributed by atoms with Gasteiger partial charge in [-0.3, -0.25) is 0 Å². The predicted molar refractivity (Wildman–Crippen MR) is 217 cm³/mol. The Morgan fingerprint density at radius 1 is 0.315 bits per heavy atom. The van der Waals surface area contributed by atoms with Gasteiger partial charge in [0, 0.05) is 44.0 Å². The molecule has 0 saturated heterocycles. The van der Waals surface area contributed by atoms with Gasteiger partial charge in [-0.15, -0.1) is 0 Å². The molecule has 0 fully saturated rings. The highest BCUT2D eigenvalue weighted by molar-refractivity contribution is 6.23. The van der Waals surface area contributed by atoms with Gasteiger partial charge in [0.1, 0.15) is 22.3 Å². The molecule has 0 aliphatic carbocycles. The minimum absolute atomic E-state index is 0.601. The summed E-state index contributed by atoms with van der Waals surface area (Å²) < 4.78 is 13.3. The molecule has 11 aromatic rings. The number of rotatable bonds is 5. The molecule has 0 N–H and O–H groups in total. The Morgan fingerprint density at radius 3 is 1.50 bits per heavy atom. The standard InChI is InChI=1S/C48H28N4O2/c1-3-13-30(14-4-1)46-50-47(31-15-5-2-6-16-31)52-48(51-46)32-27-25-29(26-28-32)43-42-37-18-8-10-24-40(37)54-45(42)41-34(19-12-22-38(41)49-43)36-21-11-20-35-33-17-7-9-23-39(33)53-44(35)36/h1-28H. The number of hydrogen-bond donors (Lipinski definition) is 0. The number of para-hydroxylation sites is 3. The molecule has 6 nitrogen and oxygen atoms in total. The molecule has 6 heteroatoms. The maximum Gasteiger partial charge on any atom is 0.164 e. The summed E-state index contributed by atoms with van der Waals surface area (Å²) in [7, 11) is 0. The summed E-state index contributed by atoms with van der Waals surface area (Å²) >= 11 is 0. The van der Waals surface area contributed by atoms with Crippen LogP contribution in [0.1, 0.15) is 0 Å². The van der Waals surface area contributed by atoms with E-state index in [-0.39, 0.29) is 0 Å². The molecule has 54 heavy (non-hydrogen) atoms. The third kappa shape index (κ3) is 4.81. The van der Waals surface area contributed by atoms with Crippen molar-refractivity contribution in [2.75, 3.05) is 0 Å². The highest BCUT2D eigenvalue weighted by Crippen LogP contribution is 2.45. The van der Waals surface area contributed by atoms with Gasteiger partial charge in [-0.25, -0.2) is 19.9 Å². The molecule has 0 bridgehead atoms. The van der Waals surface area contributed by atoms with Crippen molar-refractivity contribution in [1.82, 2.24) is 19.9 Å². The summed E-state index contributed by atoms with van der Waals surface area (Å²) in [5.74, 6) is 1.85. The number of aromatic nitrogens is 4. The maximum absolute atomic E-state index is 6.77. The number of fused-ring (bicyclic) bond motifs is 8. The lowest BCUT2D eigenvalue weighted by Gasteiger charge is -2.12. The molecule has 4 heterocycles. The van der Waals surface area contributed by atoms with Crippen LogP contribution in [-0.2, 0) is 0 Å². The van der Waals surface area contributed by atoms with Crippen molar-refractivity contribution in [2.45, 2.75) is 0 Å². The monoisotopic (exact) mass is 692 g/mol. The van der Waals surface area contributed by atoms with E-state index in [9.17, 15) is 0 Å². The molecule has 0 aliphatic rings. The second-order valence-electron chi connectivity index (χ2n) is 13.4. The number of furan rings is 2. The number of pyridine rings is 1. The molecule has 0 spiro atoms. The zero-order valence-electron chi connectivity index (χ0n) is 28.8. The van der Waals surface area contributed by atoms with E-state index in [4.69, 9.17) is 28.8 Å². The lowest BCUT2D eigenvalue weighted by atomic mass is 9.95. The lowest BCUT2D eigenvalue weighted by molar-refractivity contribution is 0.670. The smallest absolute Gasteiger partial charge is 0.164 e. The van der Waals surface area contributed by atoms with Crippen LogP contribution < -0.4 is 0 Å². The molecule has 252 valence electrons. The van der Waals surface area contributed by atoms with Gasteiger partial charge in [-0.1, -0.05) is 152 Å². The summed E-state index contributed by atoms with van der Waals surface area (Å²) in [6, 6.07) is 57.3. The van der Waals surface area contributed by atoms with Gasteiger partial charge < -0.3 is 8.83 Å². The minimum atomic E-state index is 0.601. The van der Waals surface area contributed by atoms with Crippen LogP contribution in [0.25, 0.3) is 111 Å². The highest BCUT2D eigenvalue weighted by atomic mass is 16.3. The van der Waals surface area contributed by atoms with E-state index in [0.717, 1.165) is 93.9 Å². The fraction of sp³-hybridized carbons (Fsp3) is 0. The molecule has 0 atom stereocenters. The van der Waals surface area contributed by atoms with Crippen LogP contribution in [-0.4, -0.2) is 19.9 Å². The third-order valence-corrected chi connectivity index (χ3v) is 10.1. The summed E-state index contributed by atoms with van der Waals surface area (Å²) in [4.78, 5) is 20.1. The van der Waals surface area contributed by atoms with Crippen molar-refractivity contribution >= 4 is 54.8 Å². The fourth-order valence-corrected chi connectivity index (χ4v) is 7.61. The molecule has 7 aromatic carbocycles. The van der Waals surface area contributed by atoms with E-state index >= 15 is 0 Å². The van der Waals surface area contributed by atoms with Crippen LogP contribution in [0, 0.1) is 0 Å². The van der Waals surface area contributed by atoms with E-state index in [1.807, 2.05) is 97.1 Å². The van der Waals surface area contributed by atoms with Crippen LogP contribution in [0.15, 0.2) is 179 Å². The first-order valence-electron chi connectivity index (χ1n) is 17.9. The Labute approximate surface area is 309 Å². The third-order valence-electron chi connectivity index (χ3n) is 10.1. The summed E-state index contributed by atoms with van der Waals surface area (Å²) in [6.07, 6.45) is 0. The van der Waals surface area contributed by atoms with Crippen molar-refractivity contribution < 1.29 is 8.83 Å². The van der Waals surface area contributed by atoms with Gasteiger partial charge in [-0.2, -0.15) is 0 Å². The predicted octanol–water partition coefficient (Wildman–Crippen LogP) is 12.6. The second-order valence-corrected chi connectivity index (χ2v) is 13.4. The average molecular weight is 693 g/mol. The number of hydrogen-bond acceptors (Lipinski definition) is 6. The molecular formula is C48H28N4O2. The van der Waals surface area contributed by atoms with E-state index in [1.165, 1.54) is 0 Å². The van der Waals surface area contributed by atoms with Gasteiger partial charge in [0.15, 0.2) is 17.5 Å². The molecule has 0 saturated carbocycles. The van der Waals surface area contributed by atoms with E-state index in [2.05, 4.69) is 72.8 Å². The number of benzene rings is 7. The van der Waals surface area contributed by atoms with Gasteiger partial charge >= 0.3 is 0 Å². The Balaban J connectivity index is 1.10. The zero-order chi connectivity index (χ0) is 35.6. The topological polar surface area (TPSA) is 77.8 Å². The molecule has 0 amide bonds. The molecule has 11 rings (SSSR count). The van der Waals surface area contributed by atoms with Crippen LogP contribution in [0.2, 0.25) is 0 Å². The molecular weight excluding hydrogens is 665 g/mol. The summed E-state index contributed by atoms with van der Waals surface area (Å²) in [5.41, 5.74) is 10.7. The summed E-state index contributed by atoms with van der Waals surface area (Å²) in [6.45, 7) is 0. The Bertz CT molecular complexity index is 3150.